The first-order valence-electron chi connectivity index (χ1n) is 7.94. The largest absolute Gasteiger partial charge is 0.486 e. The van der Waals surface area contributed by atoms with Crippen molar-refractivity contribution >= 4 is 23.2 Å². The number of ether oxygens (including phenoxy) is 2. The Bertz CT molecular complexity index is 882. The van der Waals surface area contributed by atoms with Crippen molar-refractivity contribution in [1.29, 1.82) is 0 Å². The molecule has 0 bridgehead atoms. The van der Waals surface area contributed by atoms with Crippen molar-refractivity contribution in [1.82, 2.24) is 5.32 Å². The van der Waals surface area contributed by atoms with Crippen molar-refractivity contribution in [3.8, 4) is 11.5 Å². The lowest BCUT2D eigenvalue weighted by molar-refractivity contribution is -0.384. The van der Waals surface area contributed by atoms with E-state index in [9.17, 15) is 14.9 Å². The predicted octanol–water partition coefficient (Wildman–Crippen LogP) is 3.68. The van der Waals surface area contributed by atoms with Crippen LogP contribution in [0.15, 0.2) is 36.4 Å². The van der Waals surface area contributed by atoms with E-state index in [4.69, 9.17) is 21.1 Å². The number of fused-ring (bicyclic) bond motifs is 1. The molecule has 1 aliphatic heterocycles. The standard InChI is InChI=1S/C18H17ClN2O5/c1-18(2,11-3-6-15-16(9-11)26-8-7-25-15)20-17(22)13-10-12(21(23)24)4-5-14(13)19/h3-6,9-10H,7-8H2,1-2H3,(H,20,22). The van der Waals surface area contributed by atoms with E-state index < -0.39 is 16.4 Å². The molecule has 2 aromatic rings. The van der Waals surface area contributed by atoms with Crippen LogP contribution < -0.4 is 14.8 Å². The first-order chi connectivity index (χ1) is 12.3. The maximum Gasteiger partial charge on any atom is 0.270 e. The van der Waals surface area contributed by atoms with Crippen LogP contribution in [0.3, 0.4) is 0 Å². The van der Waals surface area contributed by atoms with Crippen molar-refractivity contribution in [3.05, 3.63) is 62.7 Å². The molecule has 1 heterocycles. The smallest absolute Gasteiger partial charge is 0.270 e. The molecule has 0 saturated carbocycles. The summed E-state index contributed by atoms with van der Waals surface area (Å²) in [5.74, 6) is 0.770. The van der Waals surface area contributed by atoms with E-state index >= 15 is 0 Å². The van der Waals surface area contributed by atoms with Crippen LogP contribution >= 0.6 is 11.6 Å². The van der Waals surface area contributed by atoms with Crippen molar-refractivity contribution in [2.24, 2.45) is 0 Å². The Hall–Kier alpha value is -2.80. The van der Waals surface area contributed by atoms with Crippen LogP contribution in [-0.2, 0) is 5.54 Å². The van der Waals surface area contributed by atoms with Crippen LogP contribution in [0, 0.1) is 10.1 Å². The molecule has 0 spiro atoms. The average Bonchev–Trinajstić information content (AvgIpc) is 2.61. The van der Waals surface area contributed by atoms with E-state index in [1.54, 1.807) is 6.07 Å². The van der Waals surface area contributed by atoms with E-state index in [0.717, 1.165) is 11.6 Å². The number of hydrogen-bond acceptors (Lipinski definition) is 5. The Labute approximate surface area is 155 Å². The monoisotopic (exact) mass is 376 g/mol. The number of nitro benzene ring substituents is 1. The number of amides is 1. The Morgan fingerprint density at radius 1 is 1.15 bits per heavy atom. The van der Waals surface area contributed by atoms with Crippen LogP contribution in [0.25, 0.3) is 0 Å². The van der Waals surface area contributed by atoms with Gasteiger partial charge in [0, 0.05) is 12.1 Å². The summed E-state index contributed by atoms with van der Waals surface area (Å²) in [6.45, 7) is 4.60. The van der Waals surface area contributed by atoms with Gasteiger partial charge in [-0.1, -0.05) is 17.7 Å². The first-order valence-corrected chi connectivity index (χ1v) is 8.32. The van der Waals surface area contributed by atoms with Gasteiger partial charge in [0.05, 0.1) is 21.0 Å². The highest BCUT2D eigenvalue weighted by molar-refractivity contribution is 6.34. The summed E-state index contributed by atoms with van der Waals surface area (Å²) in [5.41, 5.74) is -0.110. The van der Waals surface area contributed by atoms with E-state index in [0.29, 0.717) is 24.7 Å². The molecule has 3 rings (SSSR count). The van der Waals surface area contributed by atoms with Gasteiger partial charge in [-0.15, -0.1) is 0 Å². The maximum atomic E-state index is 12.6. The Balaban J connectivity index is 1.86. The zero-order valence-electron chi connectivity index (χ0n) is 14.2. The van der Waals surface area contributed by atoms with Crippen molar-refractivity contribution in [2.45, 2.75) is 19.4 Å². The summed E-state index contributed by atoms with van der Waals surface area (Å²) in [5, 5.41) is 13.9. The number of halogens is 1. The van der Waals surface area contributed by atoms with Crippen LogP contribution in [0.2, 0.25) is 5.02 Å². The summed E-state index contributed by atoms with van der Waals surface area (Å²) in [6, 6.07) is 9.19. The topological polar surface area (TPSA) is 90.7 Å². The minimum atomic E-state index is -0.763. The number of benzene rings is 2. The lowest BCUT2D eigenvalue weighted by atomic mass is 9.93. The fourth-order valence-electron chi connectivity index (χ4n) is 2.66. The van der Waals surface area contributed by atoms with E-state index in [-0.39, 0.29) is 16.3 Å². The van der Waals surface area contributed by atoms with E-state index in [1.807, 2.05) is 26.0 Å². The van der Waals surface area contributed by atoms with E-state index in [1.165, 1.54) is 12.1 Å². The summed E-state index contributed by atoms with van der Waals surface area (Å²) in [4.78, 5) is 23.0. The van der Waals surface area contributed by atoms with Crippen LogP contribution in [0.4, 0.5) is 5.69 Å². The zero-order chi connectivity index (χ0) is 18.9. The van der Waals surface area contributed by atoms with Gasteiger partial charge in [-0.2, -0.15) is 0 Å². The third kappa shape index (κ3) is 3.57. The molecule has 1 amide bonds. The lowest BCUT2D eigenvalue weighted by Gasteiger charge is -2.29. The highest BCUT2D eigenvalue weighted by atomic mass is 35.5. The molecule has 0 saturated heterocycles. The first kappa shape index (κ1) is 18.0. The van der Waals surface area contributed by atoms with Gasteiger partial charge in [0.2, 0.25) is 0 Å². The Morgan fingerprint density at radius 3 is 2.54 bits per heavy atom. The van der Waals surface area contributed by atoms with Gasteiger partial charge in [0.25, 0.3) is 11.6 Å². The molecule has 2 aromatic carbocycles. The summed E-state index contributed by atoms with van der Waals surface area (Å²) >= 11 is 6.05. The number of rotatable bonds is 4. The zero-order valence-corrected chi connectivity index (χ0v) is 15.0. The molecule has 0 aromatic heterocycles. The van der Waals surface area contributed by atoms with Crippen molar-refractivity contribution in [2.75, 3.05) is 13.2 Å². The van der Waals surface area contributed by atoms with Gasteiger partial charge in [-0.3, -0.25) is 14.9 Å². The molecule has 1 aliphatic rings. The third-order valence-corrected chi connectivity index (χ3v) is 4.42. The Kier molecular flexibility index (Phi) is 4.73. The van der Waals surface area contributed by atoms with Crippen LogP contribution in [0.5, 0.6) is 11.5 Å². The number of hydrogen-bond donors (Lipinski definition) is 1. The molecule has 26 heavy (non-hydrogen) atoms. The summed E-state index contributed by atoms with van der Waals surface area (Å²) < 4.78 is 11.1. The van der Waals surface area contributed by atoms with Crippen LogP contribution in [0.1, 0.15) is 29.8 Å². The maximum absolute atomic E-state index is 12.6. The second kappa shape index (κ2) is 6.84. The summed E-state index contributed by atoms with van der Waals surface area (Å²) in [6.07, 6.45) is 0. The molecule has 8 heteroatoms. The van der Waals surface area contributed by atoms with Gasteiger partial charge in [0.15, 0.2) is 11.5 Å². The minimum absolute atomic E-state index is 0.0477. The molecule has 1 N–H and O–H groups in total. The average molecular weight is 377 g/mol. The molecule has 0 aliphatic carbocycles. The van der Waals surface area contributed by atoms with Gasteiger partial charge in [-0.05, 0) is 37.6 Å². The molecule has 0 atom stereocenters. The normalized spacial score (nSPS) is 13.2. The molecule has 136 valence electrons. The van der Waals surface area contributed by atoms with Gasteiger partial charge < -0.3 is 14.8 Å². The molecular weight excluding hydrogens is 360 g/mol. The van der Waals surface area contributed by atoms with Crippen molar-refractivity contribution < 1.29 is 19.2 Å². The SMILES string of the molecule is CC(C)(NC(=O)c1cc([N+](=O)[O-])ccc1Cl)c1ccc2c(c1)OCCO2. The highest BCUT2D eigenvalue weighted by Crippen LogP contribution is 2.34. The van der Waals surface area contributed by atoms with Gasteiger partial charge in [0.1, 0.15) is 13.2 Å². The van der Waals surface area contributed by atoms with Gasteiger partial charge in [-0.25, -0.2) is 0 Å². The number of nitrogens with one attached hydrogen (secondary N) is 1. The van der Waals surface area contributed by atoms with Gasteiger partial charge >= 0.3 is 0 Å². The van der Waals surface area contributed by atoms with Crippen molar-refractivity contribution in [3.63, 3.8) is 0 Å². The third-order valence-electron chi connectivity index (χ3n) is 4.10. The lowest BCUT2D eigenvalue weighted by Crippen LogP contribution is -2.41. The number of non-ortho nitro benzene ring substituents is 1. The predicted molar refractivity (Wildman–Crippen MR) is 96.0 cm³/mol. The fourth-order valence-corrected chi connectivity index (χ4v) is 2.86. The highest BCUT2D eigenvalue weighted by Gasteiger charge is 2.27. The minimum Gasteiger partial charge on any atom is -0.486 e. The molecule has 0 fully saturated rings. The van der Waals surface area contributed by atoms with Crippen LogP contribution in [-0.4, -0.2) is 24.0 Å². The quantitative estimate of drug-likeness (QED) is 0.649. The van der Waals surface area contributed by atoms with E-state index in [2.05, 4.69) is 5.32 Å². The number of nitro groups is 1. The Morgan fingerprint density at radius 2 is 1.85 bits per heavy atom. The molecule has 0 radical (unpaired) electrons. The molecule has 0 unspecified atom stereocenters. The fraction of sp³-hybridized carbons (Fsp3) is 0.278. The number of nitrogens with zero attached hydrogens (tertiary/aromatic N) is 1. The second-order valence-electron chi connectivity index (χ2n) is 6.36. The summed E-state index contributed by atoms with van der Waals surface area (Å²) in [7, 11) is 0. The second-order valence-corrected chi connectivity index (χ2v) is 6.77. The molecule has 7 nitrogen and oxygen atoms in total. The number of carbonyl (C=O) groups excluding carboxylic acids is 1. The number of carbonyl (C=O) groups is 1. The molecular formula is C18H17ClN2O5.